The number of anilines is 1. The number of hydrogen-bond donors (Lipinski definition) is 1. The van der Waals surface area contributed by atoms with Crippen LogP contribution in [0.4, 0.5) is 18.9 Å². The molecular weight excluding hydrogens is 433 g/mol. The minimum atomic E-state index is -4.86. The molecule has 0 radical (unpaired) electrons. The fourth-order valence-corrected chi connectivity index (χ4v) is 4.09. The number of imidazole rings is 1. The van der Waals surface area contributed by atoms with Gasteiger partial charge in [-0.3, -0.25) is 9.12 Å². The van der Waals surface area contributed by atoms with Crippen molar-refractivity contribution < 1.29 is 26.3 Å². The van der Waals surface area contributed by atoms with Crippen molar-refractivity contribution in [3.63, 3.8) is 0 Å². The number of benzene rings is 2. The Bertz CT molecular complexity index is 1350. The molecule has 4 aromatic rings. The van der Waals surface area contributed by atoms with Crippen molar-refractivity contribution in [3.05, 3.63) is 72.7 Å². The molecule has 0 fully saturated rings. The lowest BCUT2D eigenvalue weighted by atomic mass is 10.1. The van der Waals surface area contributed by atoms with E-state index in [1.165, 1.54) is 0 Å². The molecule has 7 nitrogen and oxygen atoms in total. The van der Waals surface area contributed by atoms with Crippen LogP contribution < -0.4 is 9.46 Å². The lowest BCUT2D eigenvalue weighted by Crippen LogP contribution is -2.17. The third kappa shape index (κ3) is 4.45. The third-order valence-corrected chi connectivity index (χ3v) is 5.80. The Morgan fingerprint density at radius 3 is 2.48 bits per heavy atom. The van der Waals surface area contributed by atoms with Gasteiger partial charge in [-0.15, -0.1) is 13.2 Å². The Labute approximate surface area is 175 Å². The van der Waals surface area contributed by atoms with Crippen molar-refractivity contribution in [2.24, 2.45) is 0 Å². The molecule has 0 aliphatic rings. The van der Waals surface area contributed by atoms with E-state index in [0.717, 1.165) is 30.0 Å². The molecule has 0 atom stereocenters. The van der Waals surface area contributed by atoms with Crippen LogP contribution in [-0.4, -0.2) is 29.1 Å². The molecule has 0 amide bonds. The summed E-state index contributed by atoms with van der Waals surface area (Å²) >= 11 is 0. The highest BCUT2D eigenvalue weighted by Crippen LogP contribution is 2.28. The summed E-state index contributed by atoms with van der Waals surface area (Å²) in [5.41, 5.74) is 2.44. The van der Waals surface area contributed by atoms with E-state index in [1.807, 2.05) is 17.5 Å². The van der Waals surface area contributed by atoms with Crippen LogP contribution in [0.15, 0.2) is 71.9 Å². The summed E-state index contributed by atoms with van der Waals surface area (Å²) in [7, 11) is -4.03. The molecule has 1 N–H and O–H groups in total. The number of ether oxygens (including phenoxy) is 1. The smallest absolute Gasteiger partial charge is 0.406 e. The second-order valence-electron chi connectivity index (χ2n) is 6.54. The monoisotopic (exact) mass is 448 g/mol. The largest absolute Gasteiger partial charge is 0.573 e. The second-order valence-corrected chi connectivity index (χ2v) is 8.22. The van der Waals surface area contributed by atoms with Gasteiger partial charge in [0, 0.05) is 29.3 Å². The fourth-order valence-electron chi connectivity index (χ4n) is 3.04. The van der Waals surface area contributed by atoms with Gasteiger partial charge in [0.15, 0.2) is 0 Å². The van der Waals surface area contributed by atoms with Crippen molar-refractivity contribution in [1.29, 1.82) is 0 Å². The molecule has 0 spiro atoms. The normalized spacial score (nSPS) is 12.1. The SMILES string of the molecule is Cc1c(-c2cccc(NS(=O)(=O)c3ccc(OC(F)(F)F)cc3)c2)nc2ncccn12. The van der Waals surface area contributed by atoms with E-state index in [1.54, 1.807) is 36.5 Å². The molecular formula is C20H15F3N4O3S. The first-order chi connectivity index (χ1) is 14.6. The van der Waals surface area contributed by atoms with Crippen LogP contribution >= 0.6 is 0 Å². The number of sulfonamides is 1. The molecule has 0 aliphatic heterocycles. The standard InChI is InChI=1S/C20H15F3N4O3S/c1-13-18(25-19-24-10-3-11-27(13)19)14-4-2-5-15(12-14)26-31(28,29)17-8-6-16(7-9-17)30-20(21,22)23/h2-12,26H,1H3. The van der Waals surface area contributed by atoms with E-state index in [2.05, 4.69) is 19.4 Å². The summed E-state index contributed by atoms with van der Waals surface area (Å²) in [6.07, 6.45) is -1.40. The number of hydrogen-bond acceptors (Lipinski definition) is 5. The fraction of sp³-hybridized carbons (Fsp3) is 0.100. The van der Waals surface area contributed by atoms with E-state index in [9.17, 15) is 21.6 Å². The third-order valence-electron chi connectivity index (χ3n) is 4.40. The molecule has 0 unspecified atom stereocenters. The van der Waals surface area contributed by atoms with Crippen LogP contribution in [0, 0.1) is 6.92 Å². The first-order valence-electron chi connectivity index (χ1n) is 8.91. The van der Waals surface area contributed by atoms with Crippen LogP contribution in [-0.2, 0) is 10.0 Å². The van der Waals surface area contributed by atoms with Crippen molar-refractivity contribution in [2.45, 2.75) is 18.2 Å². The zero-order valence-electron chi connectivity index (χ0n) is 16.0. The Balaban J connectivity index is 1.60. The van der Waals surface area contributed by atoms with Gasteiger partial charge in [-0.05, 0) is 49.4 Å². The van der Waals surface area contributed by atoms with Crippen LogP contribution in [0.3, 0.4) is 0 Å². The van der Waals surface area contributed by atoms with E-state index < -0.39 is 22.1 Å². The average molecular weight is 448 g/mol. The molecule has 2 heterocycles. The number of nitrogens with zero attached hydrogens (tertiary/aromatic N) is 3. The van der Waals surface area contributed by atoms with Gasteiger partial charge in [-0.1, -0.05) is 12.1 Å². The minimum absolute atomic E-state index is 0.208. The van der Waals surface area contributed by atoms with Gasteiger partial charge in [-0.25, -0.2) is 18.4 Å². The van der Waals surface area contributed by atoms with Crippen molar-refractivity contribution in [1.82, 2.24) is 14.4 Å². The van der Waals surface area contributed by atoms with Gasteiger partial charge in [-0.2, -0.15) is 0 Å². The van der Waals surface area contributed by atoms with Crippen LogP contribution in [0.5, 0.6) is 5.75 Å². The van der Waals surface area contributed by atoms with E-state index >= 15 is 0 Å². The zero-order chi connectivity index (χ0) is 22.2. The summed E-state index contributed by atoms with van der Waals surface area (Å²) in [6, 6.07) is 12.4. The van der Waals surface area contributed by atoms with E-state index in [0.29, 0.717) is 17.0 Å². The van der Waals surface area contributed by atoms with Crippen LogP contribution in [0.2, 0.25) is 0 Å². The van der Waals surface area contributed by atoms with Gasteiger partial charge in [0.1, 0.15) is 5.75 Å². The number of aromatic nitrogens is 3. The molecule has 0 bridgehead atoms. The Hall–Kier alpha value is -3.60. The van der Waals surface area contributed by atoms with Gasteiger partial charge in [0.05, 0.1) is 10.6 Å². The van der Waals surface area contributed by atoms with Crippen molar-refractivity contribution in [3.8, 4) is 17.0 Å². The summed E-state index contributed by atoms with van der Waals surface area (Å²) < 4.78 is 70.1. The lowest BCUT2D eigenvalue weighted by Gasteiger charge is -2.11. The van der Waals surface area contributed by atoms with Gasteiger partial charge >= 0.3 is 6.36 Å². The molecule has 0 saturated carbocycles. The van der Waals surface area contributed by atoms with E-state index in [-0.39, 0.29) is 10.6 Å². The molecule has 4 rings (SSSR count). The number of nitrogens with one attached hydrogen (secondary N) is 1. The molecule has 2 aromatic heterocycles. The van der Waals surface area contributed by atoms with Crippen molar-refractivity contribution >= 4 is 21.5 Å². The second kappa shape index (κ2) is 7.58. The van der Waals surface area contributed by atoms with Crippen LogP contribution in [0.1, 0.15) is 5.69 Å². The Morgan fingerprint density at radius 2 is 1.81 bits per heavy atom. The maximum absolute atomic E-state index is 12.6. The molecule has 0 saturated heterocycles. The summed E-state index contributed by atoms with van der Waals surface area (Å²) in [4.78, 5) is 8.48. The number of rotatable bonds is 5. The molecule has 11 heteroatoms. The predicted octanol–water partition coefficient (Wildman–Crippen LogP) is 4.40. The Kier molecular flexibility index (Phi) is 5.05. The topological polar surface area (TPSA) is 85.6 Å². The number of aryl methyl sites for hydroxylation is 1. The zero-order valence-corrected chi connectivity index (χ0v) is 16.8. The van der Waals surface area contributed by atoms with Gasteiger partial charge in [0.2, 0.25) is 5.78 Å². The molecule has 31 heavy (non-hydrogen) atoms. The quantitative estimate of drug-likeness (QED) is 0.489. The molecule has 160 valence electrons. The summed E-state index contributed by atoms with van der Waals surface area (Å²) in [6.45, 7) is 1.87. The molecule has 2 aromatic carbocycles. The van der Waals surface area contributed by atoms with E-state index in [4.69, 9.17) is 0 Å². The van der Waals surface area contributed by atoms with Gasteiger partial charge in [0.25, 0.3) is 10.0 Å². The highest BCUT2D eigenvalue weighted by molar-refractivity contribution is 7.92. The summed E-state index contributed by atoms with van der Waals surface area (Å²) in [5.74, 6) is 0.00605. The number of alkyl halides is 3. The number of fused-ring (bicyclic) bond motifs is 1. The highest BCUT2D eigenvalue weighted by Gasteiger charge is 2.31. The molecule has 0 aliphatic carbocycles. The first kappa shape index (κ1) is 20.7. The average Bonchev–Trinajstić information content (AvgIpc) is 3.04. The minimum Gasteiger partial charge on any atom is -0.406 e. The van der Waals surface area contributed by atoms with Crippen LogP contribution in [0.25, 0.3) is 17.0 Å². The first-order valence-corrected chi connectivity index (χ1v) is 10.4. The highest BCUT2D eigenvalue weighted by atomic mass is 32.2. The predicted molar refractivity (Wildman–Crippen MR) is 107 cm³/mol. The number of halogens is 3. The van der Waals surface area contributed by atoms with Gasteiger partial charge < -0.3 is 4.74 Å². The van der Waals surface area contributed by atoms with Crippen molar-refractivity contribution in [2.75, 3.05) is 4.72 Å². The maximum Gasteiger partial charge on any atom is 0.573 e. The Morgan fingerprint density at radius 1 is 1.06 bits per heavy atom. The maximum atomic E-state index is 12.6. The lowest BCUT2D eigenvalue weighted by molar-refractivity contribution is -0.274. The summed E-state index contributed by atoms with van der Waals surface area (Å²) in [5, 5.41) is 0.